The maximum absolute atomic E-state index is 12.3. The van der Waals surface area contributed by atoms with E-state index >= 15 is 0 Å². The van der Waals surface area contributed by atoms with E-state index < -0.39 is 5.91 Å². The molecule has 1 N–H and O–H groups in total. The quantitative estimate of drug-likeness (QED) is 0.689. The fourth-order valence-electron chi connectivity index (χ4n) is 2.29. The average molecular weight is 331 g/mol. The molecule has 6 heteroatoms. The lowest BCUT2D eigenvalue weighted by Crippen LogP contribution is -2.17. The summed E-state index contributed by atoms with van der Waals surface area (Å²) in [6.07, 6.45) is 1.47. The first-order chi connectivity index (χ1) is 12.2. The van der Waals surface area contributed by atoms with Gasteiger partial charge in [-0.1, -0.05) is 12.1 Å². The molecule has 0 fully saturated rings. The summed E-state index contributed by atoms with van der Waals surface area (Å²) in [6, 6.07) is 15.5. The summed E-state index contributed by atoms with van der Waals surface area (Å²) < 4.78 is 10.9. The summed E-state index contributed by atoms with van der Waals surface area (Å²) in [6.45, 7) is 0.942. The highest BCUT2D eigenvalue weighted by molar-refractivity contribution is 6.09. The van der Waals surface area contributed by atoms with Crippen molar-refractivity contribution in [3.8, 4) is 23.6 Å². The number of nitrogens with zero attached hydrogens (tertiary/aromatic N) is 2. The summed E-state index contributed by atoms with van der Waals surface area (Å²) in [5, 5.41) is 20.7. The Morgan fingerprint density at radius 3 is 2.44 bits per heavy atom. The van der Waals surface area contributed by atoms with E-state index in [-0.39, 0.29) is 5.57 Å². The first-order valence-electron chi connectivity index (χ1n) is 7.52. The van der Waals surface area contributed by atoms with Crippen LogP contribution in [0, 0.1) is 22.7 Å². The molecular formula is C19H13N3O3. The van der Waals surface area contributed by atoms with Crippen LogP contribution in [0.25, 0.3) is 6.08 Å². The van der Waals surface area contributed by atoms with Gasteiger partial charge in [0.25, 0.3) is 5.91 Å². The molecule has 0 bridgehead atoms. The van der Waals surface area contributed by atoms with Crippen molar-refractivity contribution in [3.63, 3.8) is 0 Å². The molecular weight excluding hydrogens is 318 g/mol. The minimum atomic E-state index is -0.525. The van der Waals surface area contributed by atoms with Crippen molar-refractivity contribution >= 4 is 17.7 Å². The number of hydrogen-bond donors (Lipinski definition) is 1. The van der Waals surface area contributed by atoms with Gasteiger partial charge in [-0.3, -0.25) is 4.79 Å². The highest BCUT2D eigenvalue weighted by Gasteiger charge is 2.14. The zero-order chi connectivity index (χ0) is 17.6. The first-order valence-corrected chi connectivity index (χ1v) is 7.52. The zero-order valence-electron chi connectivity index (χ0n) is 13.2. The molecule has 0 saturated carbocycles. The predicted octanol–water partition coefficient (Wildman–Crippen LogP) is 2.88. The van der Waals surface area contributed by atoms with Crippen LogP contribution in [-0.4, -0.2) is 19.1 Å². The van der Waals surface area contributed by atoms with Gasteiger partial charge < -0.3 is 14.8 Å². The van der Waals surface area contributed by atoms with Crippen molar-refractivity contribution in [1.29, 1.82) is 10.5 Å². The molecule has 3 rings (SSSR count). The van der Waals surface area contributed by atoms with Crippen LogP contribution in [0.1, 0.15) is 11.1 Å². The number of nitriles is 2. The van der Waals surface area contributed by atoms with E-state index in [0.29, 0.717) is 41.5 Å². The number of carbonyl (C=O) groups is 1. The molecule has 6 nitrogen and oxygen atoms in total. The standard InChI is InChI=1S/C19H13N3O3/c20-11-14-3-1-13(2-4-14)9-15(12-21)19(23)22-16-5-6-17-18(10-16)25-8-7-24-17/h1-6,9-10H,7-8H2,(H,22,23)/b15-9+. The normalized spacial score (nSPS) is 12.6. The molecule has 0 unspecified atom stereocenters. The van der Waals surface area contributed by atoms with Gasteiger partial charge in [-0.05, 0) is 35.9 Å². The Hall–Kier alpha value is -3.77. The van der Waals surface area contributed by atoms with Gasteiger partial charge in [-0.2, -0.15) is 10.5 Å². The molecule has 25 heavy (non-hydrogen) atoms. The number of rotatable bonds is 3. The van der Waals surface area contributed by atoms with E-state index in [2.05, 4.69) is 5.32 Å². The average Bonchev–Trinajstić information content (AvgIpc) is 2.66. The van der Waals surface area contributed by atoms with E-state index in [0.717, 1.165) is 0 Å². The van der Waals surface area contributed by atoms with Crippen LogP contribution in [0.15, 0.2) is 48.0 Å². The van der Waals surface area contributed by atoms with Crippen molar-refractivity contribution < 1.29 is 14.3 Å². The van der Waals surface area contributed by atoms with E-state index in [9.17, 15) is 10.1 Å². The van der Waals surface area contributed by atoms with Gasteiger partial charge in [0.15, 0.2) is 11.5 Å². The third-order valence-corrected chi connectivity index (χ3v) is 3.52. The van der Waals surface area contributed by atoms with Crippen LogP contribution in [0.3, 0.4) is 0 Å². The third kappa shape index (κ3) is 3.77. The SMILES string of the molecule is N#C/C(=C\c1ccc(C#N)cc1)C(=O)Nc1ccc2c(c1)OCCO2. The molecule has 0 aliphatic carbocycles. The van der Waals surface area contributed by atoms with Crippen molar-refractivity contribution in [1.82, 2.24) is 0 Å². The number of fused-ring (bicyclic) bond motifs is 1. The van der Waals surface area contributed by atoms with Crippen molar-refractivity contribution in [3.05, 3.63) is 59.2 Å². The fraction of sp³-hybridized carbons (Fsp3) is 0.105. The number of benzene rings is 2. The monoisotopic (exact) mass is 331 g/mol. The highest BCUT2D eigenvalue weighted by Crippen LogP contribution is 2.32. The van der Waals surface area contributed by atoms with Crippen LogP contribution in [0.4, 0.5) is 5.69 Å². The van der Waals surface area contributed by atoms with Crippen molar-refractivity contribution in [2.75, 3.05) is 18.5 Å². The lowest BCUT2D eigenvalue weighted by Gasteiger charge is -2.18. The van der Waals surface area contributed by atoms with E-state index in [4.69, 9.17) is 14.7 Å². The van der Waals surface area contributed by atoms with Gasteiger partial charge in [0, 0.05) is 11.8 Å². The molecule has 122 valence electrons. The molecule has 1 aliphatic heterocycles. The van der Waals surface area contributed by atoms with Gasteiger partial charge in [0.1, 0.15) is 24.9 Å². The number of ether oxygens (including phenoxy) is 2. The molecule has 0 saturated heterocycles. The van der Waals surface area contributed by atoms with Gasteiger partial charge >= 0.3 is 0 Å². The maximum atomic E-state index is 12.3. The Balaban J connectivity index is 1.77. The smallest absolute Gasteiger partial charge is 0.266 e. The Kier molecular flexibility index (Phi) is 4.64. The first kappa shape index (κ1) is 16.1. The highest BCUT2D eigenvalue weighted by atomic mass is 16.6. The summed E-state index contributed by atoms with van der Waals surface area (Å²) in [4.78, 5) is 12.3. The van der Waals surface area contributed by atoms with Crippen molar-refractivity contribution in [2.45, 2.75) is 0 Å². The maximum Gasteiger partial charge on any atom is 0.266 e. The van der Waals surface area contributed by atoms with Gasteiger partial charge in [-0.15, -0.1) is 0 Å². The topological polar surface area (TPSA) is 95.1 Å². The number of anilines is 1. The minimum absolute atomic E-state index is 0.0420. The number of hydrogen-bond acceptors (Lipinski definition) is 5. The molecule has 1 aliphatic rings. The van der Waals surface area contributed by atoms with E-state index in [1.165, 1.54) is 6.08 Å². The Morgan fingerprint density at radius 2 is 1.76 bits per heavy atom. The van der Waals surface area contributed by atoms with Crippen LogP contribution in [0.5, 0.6) is 11.5 Å². The summed E-state index contributed by atoms with van der Waals surface area (Å²) in [7, 11) is 0. The number of amides is 1. The largest absolute Gasteiger partial charge is 0.486 e. The fourth-order valence-corrected chi connectivity index (χ4v) is 2.29. The molecule has 0 spiro atoms. The zero-order valence-corrected chi connectivity index (χ0v) is 13.2. The second-order valence-corrected chi connectivity index (χ2v) is 5.22. The Morgan fingerprint density at radius 1 is 1.04 bits per heavy atom. The van der Waals surface area contributed by atoms with Gasteiger partial charge in [-0.25, -0.2) is 0 Å². The summed E-state index contributed by atoms with van der Waals surface area (Å²) in [5.41, 5.74) is 1.64. The lowest BCUT2D eigenvalue weighted by atomic mass is 10.1. The number of nitrogens with one attached hydrogen (secondary N) is 1. The van der Waals surface area contributed by atoms with Crippen molar-refractivity contribution in [2.24, 2.45) is 0 Å². The molecule has 0 aromatic heterocycles. The third-order valence-electron chi connectivity index (χ3n) is 3.52. The molecule has 0 atom stereocenters. The Labute approximate surface area is 144 Å². The van der Waals surface area contributed by atoms with Gasteiger partial charge in [0.05, 0.1) is 11.6 Å². The van der Waals surface area contributed by atoms with E-state index in [1.807, 2.05) is 12.1 Å². The van der Waals surface area contributed by atoms with Crippen LogP contribution in [-0.2, 0) is 4.79 Å². The molecule has 2 aromatic rings. The van der Waals surface area contributed by atoms with Gasteiger partial charge in [0.2, 0.25) is 0 Å². The van der Waals surface area contributed by atoms with Crippen LogP contribution >= 0.6 is 0 Å². The summed E-state index contributed by atoms with van der Waals surface area (Å²) >= 11 is 0. The molecule has 1 heterocycles. The molecule has 1 amide bonds. The Bertz CT molecular complexity index is 918. The number of carbonyl (C=O) groups excluding carboxylic acids is 1. The summed E-state index contributed by atoms with van der Waals surface area (Å²) in [5.74, 6) is 0.653. The van der Waals surface area contributed by atoms with Crippen LogP contribution in [0.2, 0.25) is 0 Å². The second kappa shape index (κ2) is 7.20. The second-order valence-electron chi connectivity index (χ2n) is 5.22. The predicted molar refractivity (Wildman–Crippen MR) is 90.8 cm³/mol. The molecule has 2 aromatic carbocycles. The minimum Gasteiger partial charge on any atom is -0.486 e. The molecule has 0 radical (unpaired) electrons. The van der Waals surface area contributed by atoms with E-state index in [1.54, 1.807) is 42.5 Å². The van der Waals surface area contributed by atoms with Crippen LogP contribution < -0.4 is 14.8 Å². The lowest BCUT2D eigenvalue weighted by molar-refractivity contribution is -0.112.